The maximum Gasteiger partial charge on any atom is 0.168 e. The lowest BCUT2D eigenvalue weighted by atomic mass is 9.59. The van der Waals surface area contributed by atoms with Crippen LogP contribution >= 0.6 is 0 Å². The zero-order chi connectivity index (χ0) is 26.6. The van der Waals surface area contributed by atoms with Crippen LogP contribution in [0.15, 0.2) is 106 Å². The maximum atomic E-state index is 13.8. The number of carbonyl (C=O) groups is 1. The maximum absolute atomic E-state index is 13.8. The van der Waals surface area contributed by atoms with Gasteiger partial charge in [0.25, 0.3) is 0 Å². The van der Waals surface area contributed by atoms with Crippen LogP contribution in [-0.4, -0.2) is 23.4 Å². The standard InChI is InChI=1S/C31H34N6O/c32-35-27-26(24-14-8-3-9-15-24)31(29(38)28(27)36-33)20-18-30(37-34,19-21-31)17-16-25(22-10-4-1-5-11-22)23-12-6-2-7-13-23/h1-15,25-28,32-34H,16-21H2. The molecule has 7 nitrogen and oxygen atoms in total. The third-order valence-corrected chi connectivity index (χ3v) is 9.08. The molecule has 3 aromatic carbocycles. The third-order valence-electron chi connectivity index (χ3n) is 9.08. The van der Waals surface area contributed by atoms with Crippen molar-refractivity contribution in [1.29, 1.82) is 16.6 Å². The largest absolute Gasteiger partial charge is 0.296 e. The van der Waals surface area contributed by atoms with Crippen molar-refractivity contribution in [2.75, 3.05) is 0 Å². The van der Waals surface area contributed by atoms with Gasteiger partial charge in [-0.15, -0.1) is 0 Å². The Morgan fingerprint density at radius 2 is 1.26 bits per heavy atom. The van der Waals surface area contributed by atoms with Gasteiger partial charge in [0, 0.05) is 17.3 Å². The zero-order valence-corrected chi connectivity index (χ0v) is 21.5. The molecule has 0 amide bonds. The number of Topliss-reactive ketones (excluding diaryl/α,β-unsaturated/α-hetero) is 1. The molecule has 0 aromatic heterocycles. The number of carbonyl (C=O) groups excluding carboxylic acids is 1. The van der Waals surface area contributed by atoms with Gasteiger partial charge in [-0.2, -0.15) is 15.3 Å². The first-order valence-corrected chi connectivity index (χ1v) is 13.4. The van der Waals surface area contributed by atoms with E-state index in [-0.39, 0.29) is 17.6 Å². The van der Waals surface area contributed by atoms with Crippen LogP contribution in [0.4, 0.5) is 0 Å². The molecule has 0 heterocycles. The number of hydrogen-bond acceptors (Lipinski definition) is 7. The van der Waals surface area contributed by atoms with Gasteiger partial charge in [-0.3, -0.25) is 4.79 Å². The minimum atomic E-state index is -0.918. The summed E-state index contributed by atoms with van der Waals surface area (Å²) in [5.74, 6) is -0.166. The van der Waals surface area contributed by atoms with Crippen molar-refractivity contribution < 1.29 is 4.79 Å². The number of ketones is 1. The van der Waals surface area contributed by atoms with Crippen LogP contribution in [-0.2, 0) is 4.79 Å². The first-order valence-electron chi connectivity index (χ1n) is 13.4. The van der Waals surface area contributed by atoms with E-state index in [0.29, 0.717) is 25.7 Å². The Morgan fingerprint density at radius 3 is 1.74 bits per heavy atom. The Hall–Kier alpha value is -3.87. The molecule has 7 heteroatoms. The molecular formula is C31H34N6O. The number of benzene rings is 3. The molecule has 0 bridgehead atoms. The molecule has 1 spiro atoms. The summed E-state index contributed by atoms with van der Waals surface area (Å²) in [7, 11) is 0. The molecule has 5 rings (SSSR count). The average molecular weight is 507 g/mol. The van der Waals surface area contributed by atoms with Crippen LogP contribution in [0.3, 0.4) is 0 Å². The number of rotatable bonds is 9. The summed E-state index contributed by atoms with van der Waals surface area (Å²) in [6.07, 6.45) is 3.98. The predicted molar refractivity (Wildman–Crippen MR) is 145 cm³/mol. The lowest BCUT2D eigenvalue weighted by Gasteiger charge is -2.44. The van der Waals surface area contributed by atoms with E-state index in [0.717, 1.165) is 18.4 Å². The highest BCUT2D eigenvalue weighted by Gasteiger charge is 2.63. The first kappa shape index (κ1) is 25.8. The van der Waals surface area contributed by atoms with Gasteiger partial charge in [-0.25, -0.2) is 16.6 Å². The average Bonchev–Trinajstić information content (AvgIpc) is 3.22. The van der Waals surface area contributed by atoms with Crippen LogP contribution in [0.2, 0.25) is 0 Å². The lowest BCUT2D eigenvalue weighted by molar-refractivity contribution is -0.129. The molecule has 0 radical (unpaired) electrons. The van der Waals surface area contributed by atoms with E-state index in [9.17, 15) is 4.79 Å². The molecule has 38 heavy (non-hydrogen) atoms. The van der Waals surface area contributed by atoms with Crippen LogP contribution in [0, 0.1) is 22.0 Å². The van der Waals surface area contributed by atoms with E-state index >= 15 is 0 Å². The van der Waals surface area contributed by atoms with Crippen molar-refractivity contribution in [3.05, 3.63) is 108 Å². The quantitative estimate of drug-likeness (QED) is 0.249. The predicted octanol–water partition coefficient (Wildman–Crippen LogP) is 8.09. The van der Waals surface area contributed by atoms with Gasteiger partial charge < -0.3 is 0 Å². The van der Waals surface area contributed by atoms with Crippen molar-refractivity contribution in [1.82, 2.24) is 0 Å². The van der Waals surface area contributed by atoms with Crippen molar-refractivity contribution in [3.8, 4) is 0 Å². The number of nitrogens with zero attached hydrogens (tertiary/aromatic N) is 3. The third kappa shape index (κ3) is 4.51. The van der Waals surface area contributed by atoms with E-state index in [4.69, 9.17) is 16.6 Å². The summed E-state index contributed by atoms with van der Waals surface area (Å²) < 4.78 is 0. The second kappa shape index (κ2) is 10.9. The Balaban J connectivity index is 1.41. The summed E-state index contributed by atoms with van der Waals surface area (Å²) >= 11 is 0. The second-order valence-electron chi connectivity index (χ2n) is 10.9. The summed E-state index contributed by atoms with van der Waals surface area (Å²) in [4.78, 5) is 13.8. The molecule has 3 atom stereocenters. The molecule has 0 saturated heterocycles. The van der Waals surface area contributed by atoms with Gasteiger partial charge in [-0.05, 0) is 55.2 Å². The number of hydrogen-bond donors (Lipinski definition) is 3. The van der Waals surface area contributed by atoms with E-state index in [1.165, 1.54) is 11.1 Å². The fraction of sp³-hybridized carbons (Fsp3) is 0.387. The van der Waals surface area contributed by atoms with Crippen LogP contribution in [0.1, 0.15) is 67.1 Å². The van der Waals surface area contributed by atoms with Crippen molar-refractivity contribution >= 4 is 5.78 Å². The van der Waals surface area contributed by atoms with E-state index < -0.39 is 23.0 Å². The minimum Gasteiger partial charge on any atom is -0.296 e. The highest BCUT2D eigenvalue weighted by molar-refractivity contribution is 5.95. The van der Waals surface area contributed by atoms with Gasteiger partial charge in [0.15, 0.2) is 11.8 Å². The van der Waals surface area contributed by atoms with E-state index in [1.54, 1.807) is 0 Å². The fourth-order valence-corrected chi connectivity index (χ4v) is 7.01. The van der Waals surface area contributed by atoms with E-state index in [1.807, 2.05) is 42.5 Å². The van der Waals surface area contributed by atoms with Gasteiger partial charge in [0.2, 0.25) is 0 Å². The lowest BCUT2D eigenvalue weighted by Crippen LogP contribution is -2.43. The Kier molecular flexibility index (Phi) is 7.36. The summed E-state index contributed by atoms with van der Waals surface area (Å²) in [5, 5.41) is 11.7. The highest BCUT2D eigenvalue weighted by atomic mass is 16.1. The monoisotopic (exact) mass is 506 g/mol. The van der Waals surface area contributed by atoms with Gasteiger partial charge in [0.1, 0.15) is 6.04 Å². The van der Waals surface area contributed by atoms with Gasteiger partial charge in [-0.1, -0.05) is 91.0 Å². The molecular weight excluding hydrogens is 472 g/mol. The number of nitrogens with one attached hydrogen (secondary N) is 3. The van der Waals surface area contributed by atoms with E-state index in [2.05, 4.69) is 63.9 Å². The molecule has 2 aliphatic rings. The van der Waals surface area contributed by atoms with Crippen LogP contribution in [0.5, 0.6) is 0 Å². The fourth-order valence-electron chi connectivity index (χ4n) is 7.01. The minimum absolute atomic E-state index is 0.0765. The molecule has 2 fully saturated rings. The SMILES string of the molecule is N=NC1C(=O)C2(CCC(CCC(c3ccccc3)c3ccccc3)(N=N)CC2)C(c2ccccc2)C1N=N. The van der Waals surface area contributed by atoms with Crippen molar-refractivity contribution in [3.63, 3.8) is 0 Å². The van der Waals surface area contributed by atoms with Crippen molar-refractivity contribution in [2.45, 2.75) is 68.0 Å². The summed E-state index contributed by atoms with van der Waals surface area (Å²) in [6, 6.07) is 29.2. The molecule has 3 N–H and O–H groups in total. The van der Waals surface area contributed by atoms with Crippen molar-refractivity contribution in [2.24, 2.45) is 20.8 Å². The van der Waals surface area contributed by atoms with Crippen LogP contribution in [0.25, 0.3) is 0 Å². The smallest absolute Gasteiger partial charge is 0.168 e. The Bertz CT molecular complexity index is 1230. The first-order chi connectivity index (χ1) is 18.6. The highest BCUT2D eigenvalue weighted by Crippen LogP contribution is 2.59. The second-order valence-corrected chi connectivity index (χ2v) is 10.9. The molecule has 2 saturated carbocycles. The summed E-state index contributed by atoms with van der Waals surface area (Å²) in [5.41, 5.74) is 26.0. The summed E-state index contributed by atoms with van der Waals surface area (Å²) in [6.45, 7) is 0. The topological polar surface area (TPSA) is 126 Å². The normalized spacial score (nSPS) is 28.9. The molecule has 3 unspecified atom stereocenters. The van der Waals surface area contributed by atoms with Gasteiger partial charge in [0.05, 0.1) is 5.54 Å². The Morgan fingerprint density at radius 1 is 0.737 bits per heavy atom. The molecule has 194 valence electrons. The molecule has 0 aliphatic heterocycles. The Labute approximate surface area is 223 Å². The van der Waals surface area contributed by atoms with Gasteiger partial charge >= 0.3 is 0 Å². The molecule has 2 aliphatic carbocycles. The van der Waals surface area contributed by atoms with Crippen LogP contribution < -0.4 is 0 Å². The molecule has 3 aromatic rings. The zero-order valence-electron chi connectivity index (χ0n) is 21.5.